The average Bonchev–Trinajstić information content (AvgIpc) is 2.64. The second kappa shape index (κ2) is 9.06. The fraction of sp³-hybridized carbons (Fsp3) is 0.929. The molecular formula is C28H48O6. The highest BCUT2D eigenvalue weighted by Gasteiger charge is 2.55. The van der Waals surface area contributed by atoms with Crippen LogP contribution in [-0.2, 0) is 19.1 Å². The minimum atomic E-state index is -1.22. The number of ether oxygens (including phenoxy) is 2. The van der Waals surface area contributed by atoms with Crippen molar-refractivity contribution in [2.24, 2.45) is 34.0 Å². The molecule has 4 aliphatic rings. The second-order valence-corrected chi connectivity index (χ2v) is 14.2. The van der Waals surface area contributed by atoms with Crippen molar-refractivity contribution in [1.29, 1.82) is 0 Å². The summed E-state index contributed by atoms with van der Waals surface area (Å²) < 4.78 is 12.4. The molecule has 2 N–H and O–H groups in total. The van der Waals surface area contributed by atoms with Gasteiger partial charge in [0.25, 0.3) is 0 Å². The molecule has 0 saturated heterocycles. The van der Waals surface area contributed by atoms with Crippen LogP contribution in [0.4, 0.5) is 0 Å². The first-order valence-corrected chi connectivity index (χ1v) is 13.2. The van der Waals surface area contributed by atoms with Crippen LogP contribution in [0, 0.1) is 34.0 Å². The highest BCUT2D eigenvalue weighted by molar-refractivity contribution is 5.77. The lowest BCUT2D eigenvalue weighted by Crippen LogP contribution is -2.54. The van der Waals surface area contributed by atoms with Crippen LogP contribution in [0.3, 0.4) is 0 Å². The average molecular weight is 481 g/mol. The van der Waals surface area contributed by atoms with E-state index in [9.17, 15) is 19.8 Å². The van der Waals surface area contributed by atoms with Crippen molar-refractivity contribution in [2.75, 3.05) is 0 Å². The Balaban J connectivity index is 1.84. The number of carboxylic acids is 1. The summed E-state index contributed by atoms with van der Waals surface area (Å²) in [6.07, 6.45) is 6.55. The zero-order valence-electron chi connectivity index (χ0n) is 22.7. The standard InChI is InChI=1S/C28H48O6/c1-9-26(7,22(31)34-28-13-18-10-19(14-28)12-20(11-18)15-28)17-27(8,16-25(5,6)21(29)30)23(32)33-24(2,3)4/h18-20,23,32H,9-17H2,1-8H3,(H,29,30). The lowest BCUT2D eigenvalue weighted by Gasteiger charge is -2.56. The van der Waals surface area contributed by atoms with E-state index in [0.29, 0.717) is 24.2 Å². The Kier molecular flexibility index (Phi) is 7.32. The van der Waals surface area contributed by atoms with Gasteiger partial charge in [-0.15, -0.1) is 0 Å². The predicted molar refractivity (Wildman–Crippen MR) is 131 cm³/mol. The quantitative estimate of drug-likeness (QED) is 0.297. The number of hydrogen-bond acceptors (Lipinski definition) is 5. The molecule has 4 saturated carbocycles. The molecule has 3 atom stereocenters. The fourth-order valence-corrected chi connectivity index (χ4v) is 7.51. The third-order valence-electron chi connectivity index (χ3n) is 8.84. The lowest BCUT2D eigenvalue weighted by molar-refractivity contribution is -0.237. The molecule has 0 aromatic carbocycles. The SMILES string of the molecule is CCC(C)(CC(C)(CC(C)(C)C(=O)O)C(O)OC(C)(C)C)C(=O)OC12CC3CC(CC(C3)C1)C2. The maximum Gasteiger partial charge on any atom is 0.312 e. The molecule has 0 aliphatic heterocycles. The van der Waals surface area contributed by atoms with Gasteiger partial charge in [-0.2, -0.15) is 0 Å². The largest absolute Gasteiger partial charge is 0.481 e. The Labute approximate surface area is 206 Å². The fourth-order valence-electron chi connectivity index (χ4n) is 7.51. The van der Waals surface area contributed by atoms with Gasteiger partial charge in [-0.3, -0.25) is 9.59 Å². The zero-order valence-corrected chi connectivity index (χ0v) is 22.7. The van der Waals surface area contributed by atoms with Crippen molar-refractivity contribution in [3.8, 4) is 0 Å². The molecule has 3 unspecified atom stereocenters. The summed E-state index contributed by atoms with van der Waals surface area (Å²) in [6, 6.07) is 0. The van der Waals surface area contributed by atoms with Crippen LogP contribution < -0.4 is 0 Å². The highest BCUT2D eigenvalue weighted by Crippen LogP contribution is 2.58. The molecular weight excluding hydrogens is 432 g/mol. The zero-order chi connectivity index (χ0) is 25.7. The Morgan fingerprint density at radius 1 is 0.912 bits per heavy atom. The third-order valence-corrected chi connectivity index (χ3v) is 8.84. The van der Waals surface area contributed by atoms with Crippen molar-refractivity contribution in [3.63, 3.8) is 0 Å². The van der Waals surface area contributed by atoms with Gasteiger partial charge in [0.1, 0.15) is 5.60 Å². The summed E-state index contributed by atoms with van der Waals surface area (Å²) >= 11 is 0. The van der Waals surface area contributed by atoms with Gasteiger partial charge in [0.2, 0.25) is 0 Å². The molecule has 0 aromatic rings. The van der Waals surface area contributed by atoms with Crippen LogP contribution in [0.1, 0.15) is 113 Å². The molecule has 0 heterocycles. The highest BCUT2D eigenvalue weighted by atomic mass is 16.6. The smallest absolute Gasteiger partial charge is 0.312 e. The Morgan fingerprint density at radius 2 is 1.38 bits per heavy atom. The summed E-state index contributed by atoms with van der Waals surface area (Å²) in [5.74, 6) is 0.886. The molecule has 0 amide bonds. The first-order valence-electron chi connectivity index (χ1n) is 13.2. The first kappa shape index (κ1) is 27.4. The van der Waals surface area contributed by atoms with Crippen LogP contribution in [0.2, 0.25) is 0 Å². The van der Waals surface area contributed by atoms with Crippen LogP contribution >= 0.6 is 0 Å². The topological polar surface area (TPSA) is 93.1 Å². The molecule has 6 nitrogen and oxygen atoms in total. The number of esters is 1. The summed E-state index contributed by atoms with van der Waals surface area (Å²) in [4.78, 5) is 25.8. The van der Waals surface area contributed by atoms with Crippen molar-refractivity contribution < 1.29 is 29.3 Å². The summed E-state index contributed by atoms with van der Waals surface area (Å²) in [5.41, 5.74) is -3.85. The second-order valence-electron chi connectivity index (χ2n) is 14.2. The van der Waals surface area contributed by atoms with E-state index >= 15 is 0 Å². The van der Waals surface area contributed by atoms with Gasteiger partial charge in [0.05, 0.1) is 16.4 Å². The molecule has 0 radical (unpaired) electrons. The van der Waals surface area contributed by atoms with Gasteiger partial charge in [-0.25, -0.2) is 0 Å². The number of aliphatic hydroxyl groups excluding tert-OH is 1. The molecule has 4 fully saturated rings. The Bertz CT molecular complexity index is 745. The minimum Gasteiger partial charge on any atom is -0.481 e. The number of aliphatic carboxylic acids is 1. The number of carbonyl (C=O) groups is 2. The Hall–Kier alpha value is -1.14. The van der Waals surface area contributed by atoms with E-state index in [1.807, 2.05) is 41.5 Å². The molecule has 4 rings (SSSR count). The maximum atomic E-state index is 13.8. The molecule has 196 valence electrons. The molecule has 0 spiro atoms. The summed E-state index contributed by atoms with van der Waals surface area (Å²) in [5, 5.41) is 21.0. The molecule has 4 bridgehead atoms. The first-order chi connectivity index (χ1) is 15.4. The predicted octanol–water partition coefficient (Wildman–Crippen LogP) is 5.95. The van der Waals surface area contributed by atoms with E-state index in [4.69, 9.17) is 9.47 Å². The van der Waals surface area contributed by atoms with E-state index in [-0.39, 0.29) is 24.4 Å². The van der Waals surface area contributed by atoms with Gasteiger partial charge < -0.3 is 19.7 Å². The Morgan fingerprint density at radius 3 is 1.76 bits per heavy atom. The van der Waals surface area contributed by atoms with Crippen LogP contribution in [0.25, 0.3) is 0 Å². The van der Waals surface area contributed by atoms with Gasteiger partial charge in [-0.1, -0.05) is 13.8 Å². The third kappa shape index (κ3) is 5.80. The van der Waals surface area contributed by atoms with Crippen molar-refractivity contribution in [3.05, 3.63) is 0 Å². The van der Waals surface area contributed by atoms with Crippen molar-refractivity contribution >= 4 is 11.9 Å². The van der Waals surface area contributed by atoms with E-state index < -0.39 is 34.1 Å². The van der Waals surface area contributed by atoms with Crippen molar-refractivity contribution in [2.45, 2.75) is 131 Å². The van der Waals surface area contributed by atoms with Gasteiger partial charge in [-0.05, 0) is 117 Å². The summed E-state index contributed by atoms with van der Waals surface area (Å²) in [7, 11) is 0. The van der Waals surface area contributed by atoms with Gasteiger partial charge in [0.15, 0.2) is 6.29 Å². The van der Waals surface area contributed by atoms with Crippen LogP contribution in [-0.4, -0.2) is 39.6 Å². The van der Waals surface area contributed by atoms with Crippen LogP contribution in [0.5, 0.6) is 0 Å². The monoisotopic (exact) mass is 480 g/mol. The van der Waals surface area contributed by atoms with Crippen molar-refractivity contribution in [1.82, 2.24) is 0 Å². The maximum absolute atomic E-state index is 13.8. The molecule has 0 aromatic heterocycles. The molecule has 34 heavy (non-hydrogen) atoms. The molecule has 6 heteroatoms. The number of rotatable bonds is 10. The van der Waals surface area contributed by atoms with Gasteiger partial charge in [0, 0.05) is 5.41 Å². The van der Waals surface area contributed by atoms with E-state index in [0.717, 1.165) is 19.3 Å². The van der Waals surface area contributed by atoms with E-state index in [2.05, 4.69) is 0 Å². The van der Waals surface area contributed by atoms with Crippen LogP contribution in [0.15, 0.2) is 0 Å². The summed E-state index contributed by atoms with van der Waals surface area (Å²) in [6.45, 7) is 14.6. The number of aliphatic hydroxyl groups is 1. The van der Waals surface area contributed by atoms with Gasteiger partial charge >= 0.3 is 11.9 Å². The lowest BCUT2D eigenvalue weighted by atomic mass is 9.54. The minimum absolute atomic E-state index is 0.173. The van der Waals surface area contributed by atoms with E-state index in [1.165, 1.54) is 19.3 Å². The number of carboxylic acid groups (broad SMARTS) is 1. The number of carbonyl (C=O) groups excluding carboxylic acids is 1. The number of hydrogen-bond donors (Lipinski definition) is 2. The normalized spacial score (nSPS) is 33.1. The molecule has 4 aliphatic carbocycles. The van der Waals surface area contributed by atoms with E-state index in [1.54, 1.807) is 13.8 Å².